The van der Waals surface area contributed by atoms with Gasteiger partial charge in [-0.3, -0.25) is 9.59 Å². The topological polar surface area (TPSA) is 70.6 Å². The summed E-state index contributed by atoms with van der Waals surface area (Å²) in [5.41, 5.74) is 5.13. The molecule has 0 saturated heterocycles. The van der Waals surface area contributed by atoms with Crippen molar-refractivity contribution < 1.29 is 9.59 Å². The number of hydrogen-bond acceptors (Lipinski definition) is 3. The zero-order valence-electron chi connectivity index (χ0n) is 16.2. The molecular weight excluding hydrogens is 409 g/mol. The first kappa shape index (κ1) is 21.3. The van der Waals surface area contributed by atoms with Gasteiger partial charge >= 0.3 is 0 Å². The summed E-state index contributed by atoms with van der Waals surface area (Å²) >= 11 is 11.8. The first-order valence-corrected chi connectivity index (χ1v) is 10.4. The molecule has 0 aromatic heterocycles. The van der Waals surface area contributed by atoms with Gasteiger partial charge in [0.05, 0.1) is 15.8 Å². The lowest BCUT2D eigenvalue weighted by molar-refractivity contribution is -0.120. The minimum atomic E-state index is -0.376. The molecule has 152 valence electrons. The molecule has 5 nitrogen and oxygen atoms in total. The summed E-state index contributed by atoms with van der Waals surface area (Å²) in [5.74, 6) is -0.167. The van der Waals surface area contributed by atoms with E-state index in [1.807, 2.05) is 24.3 Å². The van der Waals surface area contributed by atoms with Crippen molar-refractivity contribution in [3.63, 3.8) is 0 Å². The fraction of sp³-hybridized carbons (Fsp3) is 0.318. The Morgan fingerprint density at radius 1 is 0.931 bits per heavy atom. The van der Waals surface area contributed by atoms with Crippen LogP contribution in [-0.2, 0) is 4.79 Å². The molecule has 1 saturated carbocycles. The molecule has 2 amide bonds. The van der Waals surface area contributed by atoms with E-state index in [0.29, 0.717) is 21.3 Å². The summed E-state index contributed by atoms with van der Waals surface area (Å²) in [6, 6.07) is 12.1. The van der Waals surface area contributed by atoms with Gasteiger partial charge in [-0.2, -0.15) is 5.10 Å². The highest BCUT2D eigenvalue weighted by molar-refractivity contribution is 6.42. The second-order valence-corrected chi connectivity index (χ2v) is 7.98. The Balaban J connectivity index is 1.58. The molecule has 1 aliphatic carbocycles. The summed E-state index contributed by atoms with van der Waals surface area (Å²) < 4.78 is 0. The van der Waals surface area contributed by atoms with E-state index in [0.717, 1.165) is 36.9 Å². The lowest BCUT2D eigenvalue weighted by Gasteiger charge is -2.20. The number of hydrazone groups is 1. The van der Waals surface area contributed by atoms with Crippen LogP contribution >= 0.6 is 23.2 Å². The van der Waals surface area contributed by atoms with Gasteiger partial charge < -0.3 is 5.32 Å². The van der Waals surface area contributed by atoms with Gasteiger partial charge in [-0.15, -0.1) is 0 Å². The second kappa shape index (κ2) is 9.90. The van der Waals surface area contributed by atoms with E-state index in [1.54, 1.807) is 19.1 Å². The van der Waals surface area contributed by atoms with Crippen molar-refractivity contribution in [2.45, 2.75) is 39.0 Å². The number of hydrogen-bond donors (Lipinski definition) is 2. The molecule has 0 unspecified atom stereocenters. The Labute approximate surface area is 180 Å². The maximum Gasteiger partial charge on any atom is 0.271 e. The van der Waals surface area contributed by atoms with Gasteiger partial charge in [0.15, 0.2) is 0 Å². The zero-order chi connectivity index (χ0) is 20.8. The smallest absolute Gasteiger partial charge is 0.271 e. The Hall–Kier alpha value is -2.37. The van der Waals surface area contributed by atoms with E-state index >= 15 is 0 Å². The quantitative estimate of drug-likeness (QED) is 0.472. The summed E-state index contributed by atoms with van der Waals surface area (Å²) in [4.78, 5) is 24.5. The fourth-order valence-corrected chi connectivity index (χ4v) is 3.60. The number of amides is 2. The average Bonchev–Trinajstić information content (AvgIpc) is 2.74. The second-order valence-electron chi connectivity index (χ2n) is 7.17. The molecule has 7 heteroatoms. The molecule has 0 bridgehead atoms. The van der Waals surface area contributed by atoms with Gasteiger partial charge in [0, 0.05) is 17.2 Å². The third kappa shape index (κ3) is 5.81. The number of anilines is 1. The fourth-order valence-electron chi connectivity index (χ4n) is 3.30. The molecule has 0 radical (unpaired) electrons. The Morgan fingerprint density at radius 2 is 1.59 bits per heavy atom. The van der Waals surface area contributed by atoms with E-state index in [9.17, 15) is 9.59 Å². The molecule has 2 N–H and O–H groups in total. The average molecular weight is 432 g/mol. The number of carbonyl (C=O) groups is 2. The van der Waals surface area contributed by atoms with Crippen LogP contribution in [0.3, 0.4) is 0 Å². The molecule has 0 atom stereocenters. The van der Waals surface area contributed by atoms with Crippen molar-refractivity contribution in [3.8, 4) is 0 Å². The summed E-state index contributed by atoms with van der Waals surface area (Å²) in [6.07, 6.45) is 5.41. The zero-order valence-corrected chi connectivity index (χ0v) is 17.7. The number of halogens is 2. The molecular formula is C22H23Cl2N3O2. The SMILES string of the molecule is C/C(=N/NC(=O)c1ccc(Cl)c(Cl)c1)c1ccc(NC(=O)C2CCCCC2)cc1. The largest absolute Gasteiger partial charge is 0.326 e. The molecule has 29 heavy (non-hydrogen) atoms. The highest BCUT2D eigenvalue weighted by Crippen LogP contribution is 2.25. The molecule has 1 fully saturated rings. The van der Waals surface area contributed by atoms with E-state index < -0.39 is 0 Å². The van der Waals surface area contributed by atoms with Crippen LogP contribution in [0.25, 0.3) is 0 Å². The maximum absolute atomic E-state index is 12.3. The van der Waals surface area contributed by atoms with Crippen molar-refractivity contribution in [2.75, 3.05) is 5.32 Å². The molecule has 0 spiro atoms. The molecule has 2 aromatic carbocycles. The van der Waals surface area contributed by atoms with E-state index in [1.165, 1.54) is 12.5 Å². The monoisotopic (exact) mass is 431 g/mol. The van der Waals surface area contributed by atoms with Crippen LogP contribution in [0.2, 0.25) is 10.0 Å². The van der Waals surface area contributed by atoms with Gasteiger partial charge in [0.25, 0.3) is 5.91 Å². The summed E-state index contributed by atoms with van der Waals surface area (Å²) in [6.45, 7) is 1.80. The predicted octanol–water partition coefficient (Wildman–Crippen LogP) is 5.67. The molecule has 0 aliphatic heterocycles. The number of benzene rings is 2. The van der Waals surface area contributed by atoms with E-state index in [4.69, 9.17) is 23.2 Å². The molecule has 0 heterocycles. The van der Waals surface area contributed by atoms with Crippen LogP contribution in [0.5, 0.6) is 0 Å². The van der Waals surface area contributed by atoms with Gasteiger partial charge in [-0.05, 0) is 55.7 Å². The normalized spacial score (nSPS) is 15.1. The van der Waals surface area contributed by atoms with E-state index in [2.05, 4.69) is 15.8 Å². The number of rotatable bonds is 5. The Kier molecular flexibility index (Phi) is 7.29. The predicted molar refractivity (Wildman–Crippen MR) is 118 cm³/mol. The minimum absolute atomic E-state index is 0.0942. The van der Waals surface area contributed by atoms with Crippen molar-refractivity contribution in [3.05, 3.63) is 63.6 Å². The number of carbonyl (C=O) groups excluding carboxylic acids is 2. The highest BCUT2D eigenvalue weighted by Gasteiger charge is 2.21. The van der Waals surface area contributed by atoms with Crippen LogP contribution in [0.15, 0.2) is 47.6 Å². The van der Waals surface area contributed by atoms with Gasteiger partial charge in [-0.1, -0.05) is 54.6 Å². The standard InChI is InChI=1S/C22H23Cl2N3O2/c1-14(26-27-22(29)17-9-12-19(23)20(24)13-17)15-7-10-18(11-8-15)25-21(28)16-5-3-2-4-6-16/h7-13,16H,2-6H2,1H3,(H,25,28)(H,27,29)/b26-14-. The summed E-state index contributed by atoms with van der Waals surface area (Å²) in [5, 5.41) is 7.83. The molecule has 1 aliphatic rings. The van der Waals surface area contributed by atoms with Crippen molar-refractivity contribution in [2.24, 2.45) is 11.0 Å². The van der Waals surface area contributed by atoms with Crippen LogP contribution in [-0.4, -0.2) is 17.5 Å². The summed E-state index contributed by atoms with van der Waals surface area (Å²) in [7, 11) is 0. The van der Waals surface area contributed by atoms with Crippen molar-refractivity contribution >= 4 is 46.4 Å². The highest BCUT2D eigenvalue weighted by atomic mass is 35.5. The molecule has 2 aromatic rings. The van der Waals surface area contributed by atoms with Crippen molar-refractivity contribution in [1.29, 1.82) is 0 Å². The number of nitrogens with zero attached hydrogens (tertiary/aromatic N) is 1. The Bertz CT molecular complexity index is 920. The van der Waals surface area contributed by atoms with Gasteiger partial charge in [0.1, 0.15) is 0 Å². The van der Waals surface area contributed by atoms with Crippen LogP contribution in [0.1, 0.15) is 54.9 Å². The van der Waals surface area contributed by atoms with Gasteiger partial charge in [0.2, 0.25) is 5.91 Å². The lowest BCUT2D eigenvalue weighted by Crippen LogP contribution is -2.24. The minimum Gasteiger partial charge on any atom is -0.326 e. The third-order valence-corrected chi connectivity index (χ3v) is 5.79. The lowest BCUT2D eigenvalue weighted by atomic mass is 9.88. The Morgan fingerprint density at radius 3 is 2.24 bits per heavy atom. The third-order valence-electron chi connectivity index (χ3n) is 5.05. The van der Waals surface area contributed by atoms with Crippen molar-refractivity contribution in [1.82, 2.24) is 5.43 Å². The van der Waals surface area contributed by atoms with Crippen LogP contribution < -0.4 is 10.7 Å². The van der Waals surface area contributed by atoms with Crippen LogP contribution in [0.4, 0.5) is 5.69 Å². The maximum atomic E-state index is 12.3. The number of nitrogens with one attached hydrogen (secondary N) is 2. The van der Waals surface area contributed by atoms with E-state index in [-0.39, 0.29) is 17.7 Å². The first-order chi connectivity index (χ1) is 13.9. The first-order valence-electron chi connectivity index (χ1n) is 9.65. The molecule has 3 rings (SSSR count). The van der Waals surface area contributed by atoms with Gasteiger partial charge in [-0.25, -0.2) is 5.43 Å². The van der Waals surface area contributed by atoms with Crippen LogP contribution in [0, 0.1) is 5.92 Å².